The number of rotatable bonds is 4. The van der Waals surface area contributed by atoms with E-state index in [0.717, 1.165) is 23.3 Å². The highest BCUT2D eigenvalue weighted by Gasteiger charge is 2.27. The molecule has 1 aliphatic heterocycles. The number of sulfone groups is 1. The number of aromatic amines is 1. The molecule has 5 nitrogen and oxygen atoms in total. The van der Waals surface area contributed by atoms with Crippen molar-refractivity contribution in [3.05, 3.63) is 29.6 Å². The van der Waals surface area contributed by atoms with Crippen LogP contribution in [0.3, 0.4) is 0 Å². The second-order valence-electron chi connectivity index (χ2n) is 5.37. The van der Waals surface area contributed by atoms with E-state index in [9.17, 15) is 8.42 Å². The van der Waals surface area contributed by atoms with E-state index >= 15 is 0 Å². The standard InChI is InChI=1S/C14H19N3O2S/c1-2-10-3-4-12-13(7-10)17-14(16-12)8-15-11-5-6-20(18,19)9-11/h3-4,7,11,15H,2,5-6,8-9H2,1H3,(H,16,17). The minimum Gasteiger partial charge on any atom is -0.341 e. The molecule has 0 bridgehead atoms. The lowest BCUT2D eigenvalue weighted by atomic mass is 10.1. The number of nitrogens with zero attached hydrogens (tertiary/aromatic N) is 1. The first-order valence-electron chi connectivity index (χ1n) is 6.97. The van der Waals surface area contributed by atoms with Gasteiger partial charge in [-0.05, 0) is 30.5 Å². The molecule has 0 saturated carbocycles. The molecule has 1 aromatic heterocycles. The minimum atomic E-state index is -2.83. The summed E-state index contributed by atoms with van der Waals surface area (Å²) in [5.41, 5.74) is 3.28. The molecule has 0 spiro atoms. The number of imidazole rings is 1. The van der Waals surface area contributed by atoms with E-state index in [-0.39, 0.29) is 11.8 Å². The van der Waals surface area contributed by atoms with E-state index in [4.69, 9.17) is 0 Å². The average Bonchev–Trinajstić information content (AvgIpc) is 2.98. The maximum atomic E-state index is 11.4. The fourth-order valence-corrected chi connectivity index (χ4v) is 4.32. The Morgan fingerprint density at radius 1 is 1.45 bits per heavy atom. The Bertz CT molecular complexity index is 721. The third-order valence-electron chi connectivity index (χ3n) is 3.79. The number of hydrogen-bond donors (Lipinski definition) is 2. The number of aryl methyl sites for hydroxylation is 1. The molecule has 1 saturated heterocycles. The number of nitrogens with one attached hydrogen (secondary N) is 2. The molecule has 0 aliphatic carbocycles. The smallest absolute Gasteiger partial charge is 0.151 e. The highest BCUT2D eigenvalue weighted by Crippen LogP contribution is 2.15. The molecule has 0 amide bonds. The highest BCUT2D eigenvalue weighted by atomic mass is 32.2. The van der Waals surface area contributed by atoms with Gasteiger partial charge in [0.1, 0.15) is 5.82 Å². The van der Waals surface area contributed by atoms with Crippen molar-refractivity contribution in [2.24, 2.45) is 0 Å². The fourth-order valence-electron chi connectivity index (χ4n) is 2.61. The Kier molecular flexibility index (Phi) is 3.52. The third-order valence-corrected chi connectivity index (χ3v) is 5.56. The first kappa shape index (κ1) is 13.6. The third kappa shape index (κ3) is 2.86. The quantitative estimate of drug-likeness (QED) is 0.893. The Hall–Kier alpha value is -1.40. The molecule has 2 heterocycles. The van der Waals surface area contributed by atoms with Crippen molar-refractivity contribution in [3.8, 4) is 0 Å². The summed E-state index contributed by atoms with van der Waals surface area (Å²) >= 11 is 0. The average molecular weight is 293 g/mol. The number of benzene rings is 1. The van der Waals surface area contributed by atoms with Crippen LogP contribution < -0.4 is 5.32 Å². The lowest BCUT2D eigenvalue weighted by molar-refractivity contribution is 0.544. The van der Waals surface area contributed by atoms with Crippen molar-refractivity contribution < 1.29 is 8.42 Å². The summed E-state index contributed by atoms with van der Waals surface area (Å²) in [6, 6.07) is 6.28. The van der Waals surface area contributed by atoms with E-state index < -0.39 is 9.84 Å². The van der Waals surface area contributed by atoms with Crippen LogP contribution in [0.1, 0.15) is 24.7 Å². The molecular weight excluding hydrogens is 274 g/mol. The van der Waals surface area contributed by atoms with Crippen LogP contribution in [0.25, 0.3) is 11.0 Å². The van der Waals surface area contributed by atoms with Crippen molar-refractivity contribution in [1.29, 1.82) is 0 Å². The number of hydrogen-bond acceptors (Lipinski definition) is 4. The first-order valence-corrected chi connectivity index (χ1v) is 8.79. The van der Waals surface area contributed by atoms with Crippen molar-refractivity contribution in [2.75, 3.05) is 11.5 Å². The molecular formula is C14H19N3O2S. The van der Waals surface area contributed by atoms with Gasteiger partial charge < -0.3 is 10.3 Å². The van der Waals surface area contributed by atoms with Crippen molar-refractivity contribution in [2.45, 2.75) is 32.4 Å². The van der Waals surface area contributed by atoms with E-state index in [1.807, 2.05) is 6.07 Å². The monoisotopic (exact) mass is 293 g/mol. The van der Waals surface area contributed by atoms with Gasteiger partial charge in [-0.25, -0.2) is 13.4 Å². The summed E-state index contributed by atoms with van der Waals surface area (Å²) in [5.74, 6) is 1.40. The van der Waals surface area contributed by atoms with Crippen LogP contribution in [0, 0.1) is 0 Å². The zero-order chi connectivity index (χ0) is 14.2. The van der Waals surface area contributed by atoms with Gasteiger partial charge in [0.05, 0.1) is 29.1 Å². The van der Waals surface area contributed by atoms with Gasteiger partial charge in [-0.2, -0.15) is 0 Å². The first-order chi connectivity index (χ1) is 9.55. The van der Waals surface area contributed by atoms with Gasteiger partial charge >= 0.3 is 0 Å². The van der Waals surface area contributed by atoms with Gasteiger partial charge in [0, 0.05) is 6.04 Å². The number of fused-ring (bicyclic) bond motifs is 1. The van der Waals surface area contributed by atoms with Gasteiger partial charge in [-0.1, -0.05) is 13.0 Å². The van der Waals surface area contributed by atoms with E-state index in [0.29, 0.717) is 18.7 Å². The lowest BCUT2D eigenvalue weighted by Crippen LogP contribution is -2.29. The summed E-state index contributed by atoms with van der Waals surface area (Å²) in [7, 11) is -2.83. The summed E-state index contributed by atoms with van der Waals surface area (Å²) < 4.78 is 22.8. The van der Waals surface area contributed by atoms with Crippen LogP contribution in [0.15, 0.2) is 18.2 Å². The maximum Gasteiger partial charge on any atom is 0.151 e. The van der Waals surface area contributed by atoms with Crippen LogP contribution in [-0.4, -0.2) is 35.9 Å². The summed E-state index contributed by atoms with van der Waals surface area (Å²) in [5, 5.41) is 3.27. The lowest BCUT2D eigenvalue weighted by Gasteiger charge is -2.08. The van der Waals surface area contributed by atoms with Crippen LogP contribution in [0.4, 0.5) is 0 Å². The Morgan fingerprint density at radius 3 is 3.00 bits per heavy atom. The normalized spacial score (nSPS) is 21.6. The molecule has 6 heteroatoms. The molecule has 0 radical (unpaired) electrons. The van der Waals surface area contributed by atoms with Crippen LogP contribution in [0.5, 0.6) is 0 Å². The molecule has 1 fully saturated rings. The topological polar surface area (TPSA) is 74.8 Å². The number of aromatic nitrogens is 2. The Labute approximate surface area is 118 Å². The zero-order valence-electron chi connectivity index (χ0n) is 11.5. The predicted octanol–water partition coefficient (Wildman–Crippen LogP) is 1.40. The van der Waals surface area contributed by atoms with Crippen molar-refractivity contribution in [3.63, 3.8) is 0 Å². The molecule has 1 aliphatic rings. The van der Waals surface area contributed by atoms with Crippen LogP contribution in [0.2, 0.25) is 0 Å². The van der Waals surface area contributed by atoms with Gasteiger partial charge in [0.2, 0.25) is 0 Å². The van der Waals surface area contributed by atoms with Crippen molar-refractivity contribution >= 4 is 20.9 Å². The Morgan fingerprint density at radius 2 is 2.30 bits per heavy atom. The van der Waals surface area contributed by atoms with Gasteiger partial charge in [-0.3, -0.25) is 0 Å². The van der Waals surface area contributed by atoms with E-state index in [1.54, 1.807) is 0 Å². The minimum absolute atomic E-state index is 0.0550. The van der Waals surface area contributed by atoms with Gasteiger partial charge in [0.25, 0.3) is 0 Å². The second kappa shape index (κ2) is 5.18. The summed E-state index contributed by atoms with van der Waals surface area (Å²) in [6.45, 7) is 2.71. The summed E-state index contributed by atoms with van der Waals surface area (Å²) in [6.07, 6.45) is 1.70. The van der Waals surface area contributed by atoms with Crippen LogP contribution in [-0.2, 0) is 22.8 Å². The SMILES string of the molecule is CCc1ccc2nc(CNC3CCS(=O)(=O)C3)[nH]c2c1. The molecule has 2 aromatic rings. The molecule has 1 aromatic carbocycles. The largest absolute Gasteiger partial charge is 0.341 e. The maximum absolute atomic E-state index is 11.4. The van der Waals surface area contributed by atoms with E-state index in [1.165, 1.54) is 5.56 Å². The molecule has 1 atom stereocenters. The summed E-state index contributed by atoms with van der Waals surface area (Å²) in [4.78, 5) is 7.81. The highest BCUT2D eigenvalue weighted by molar-refractivity contribution is 7.91. The molecule has 20 heavy (non-hydrogen) atoms. The van der Waals surface area contributed by atoms with Gasteiger partial charge in [0.15, 0.2) is 9.84 Å². The number of H-pyrrole nitrogens is 1. The molecule has 108 valence electrons. The predicted molar refractivity (Wildman–Crippen MR) is 79.4 cm³/mol. The second-order valence-corrected chi connectivity index (χ2v) is 7.60. The zero-order valence-corrected chi connectivity index (χ0v) is 12.3. The van der Waals surface area contributed by atoms with Crippen molar-refractivity contribution in [1.82, 2.24) is 15.3 Å². The molecule has 1 unspecified atom stereocenters. The van der Waals surface area contributed by atoms with Gasteiger partial charge in [-0.15, -0.1) is 0 Å². The molecule has 2 N–H and O–H groups in total. The Balaban J connectivity index is 1.69. The van der Waals surface area contributed by atoms with Crippen LogP contribution >= 0.6 is 0 Å². The van der Waals surface area contributed by atoms with E-state index in [2.05, 4.69) is 34.3 Å². The fraction of sp³-hybridized carbons (Fsp3) is 0.500. The molecule has 3 rings (SSSR count).